The number of amides is 1. The summed E-state index contributed by atoms with van der Waals surface area (Å²) in [5, 5.41) is 22.9. The normalized spacial score (nSPS) is 29.8. The zero-order valence-corrected chi connectivity index (χ0v) is 18.6. The lowest BCUT2D eigenvalue weighted by atomic mass is 9.80. The van der Waals surface area contributed by atoms with E-state index in [9.17, 15) is 19.8 Å². The van der Waals surface area contributed by atoms with Gasteiger partial charge in [-0.15, -0.1) is 11.8 Å². The second-order valence-corrected chi connectivity index (χ2v) is 10.0. The molecule has 0 radical (unpaired) electrons. The summed E-state index contributed by atoms with van der Waals surface area (Å²) >= 11 is 1.60. The summed E-state index contributed by atoms with van der Waals surface area (Å²) in [6.07, 6.45) is 1.31. The van der Waals surface area contributed by atoms with Crippen molar-refractivity contribution in [2.24, 2.45) is 11.8 Å². The van der Waals surface area contributed by atoms with Crippen LogP contribution in [0.4, 0.5) is 11.4 Å². The van der Waals surface area contributed by atoms with E-state index >= 15 is 0 Å². The van der Waals surface area contributed by atoms with Crippen molar-refractivity contribution in [1.29, 1.82) is 0 Å². The molecule has 168 valence electrons. The predicted octanol–water partition coefficient (Wildman–Crippen LogP) is 1.32. The molecular formula is C22H30N4O4S. The fraction of sp³-hybridized carbons (Fsp3) is 0.545. The third kappa shape index (κ3) is 4.02. The molecule has 8 nitrogen and oxygen atoms in total. The third-order valence-corrected chi connectivity index (χ3v) is 8.12. The lowest BCUT2D eigenvalue weighted by molar-refractivity contribution is -0.157. The Balaban J connectivity index is 1.40. The van der Waals surface area contributed by atoms with Crippen LogP contribution >= 0.6 is 11.8 Å². The number of nitrogens with zero attached hydrogens (tertiary/aromatic N) is 2. The van der Waals surface area contributed by atoms with Crippen molar-refractivity contribution in [1.82, 2.24) is 10.2 Å². The number of likely N-dealkylation sites (N-methyl/N-ethyl adjacent to an activating group) is 1. The van der Waals surface area contributed by atoms with Gasteiger partial charge in [-0.25, -0.2) is 4.79 Å². The number of aliphatic hydroxyl groups excluding tert-OH is 1. The van der Waals surface area contributed by atoms with Gasteiger partial charge in [-0.2, -0.15) is 0 Å². The number of rotatable bonds is 8. The van der Waals surface area contributed by atoms with Gasteiger partial charge in [0.2, 0.25) is 5.91 Å². The van der Waals surface area contributed by atoms with Crippen LogP contribution in [0.3, 0.4) is 0 Å². The van der Waals surface area contributed by atoms with Crippen LogP contribution in [-0.2, 0) is 9.59 Å². The lowest BCUT2D eigenvalue weighted by Crippen LogP contribution is -2.60. The molecule has 0 spiro atoms. The molecule has 3 aliphatic heterocycles. The first-order chi connectivity index (χ1) is 14.8. The Labute approximate surface area is 186 Å². The summed E-state index contributed by atoms with van der Waals surface area (Å²) in [5.41, 5.74) is 7.76. The molecule has 1 aromatic rings. The molecule has 1 amide bonds. The molecule has 1 unspecified atom stereocenters. The van der Waals surface area contributed by atoms with Gasteiger partial charge in [0.05, 0.1) is 12.0 Å². The Morgan fingerprint density at radius 2 is 2.06 bits per heavy atom. The first-order valence-corrected chi connectivity index (χ1v) is 11.6. The number of thioether (sulfide) groups is 1. The molecule has 0 bridgehead atoms. The van der Waals surface area contributed by atoms with Crippen LogP contribution in [0, 0.1) is 11.8 Å². The molecule has 2 fully saturated rings. The van der Waals surface area contributed by atoms with Gasteiger partial charge in [-0.3, -0.25) is 4.79 Å². The van der Waals surface area contributed by atoms with E-state index in [1.54, 1.807) is 11.8 Å². The topological polar surface area (TPSA) is 119 Å². The van der Waals surface area contributed by atoms with Gasteiger partial charge in [-0.05, 0) is 37.1 Å². The van der Waals surface area contributed by atoms with Gasteiger partial charge in [-0.1, -0.05) is 6.92 Å². The van der Waals surface area contributed by atoms with E-state index in [4.69, 9.17) is 5.73 Å². The molecule has 0 saturated carbocycles. The maximum atomic E-state index is 12.5. The van der Waals surface area contributed by atoms with Crippen LogP contribution in [0.25, 0.3) is 0 Å². The average molecular weight is 447 g/mol. The van der Waals surface area contributed by atoms with Gasteiger partial charge in [0, 0.05) is 60.2 Å². The van der Waals surface area contributed by atoms with Crippen molar-refractivity contribution < 1.29 is 19.8 Å². The molecule has 2 saturated heterocycles. The van der Waals surface area contributed by atoms with Gasteiger partial charge in [0.25, 0.3) is 0 Å². The Morgan fingerprint density at radius 1 is 1.35 bits per heavy atom. The molecule has 5 atom stereocenters. The number of carbonyl (C=O) groups is 2. The maximum Gasteiger partial charge on any atom is 0.353 e. The Kier molecular flexibility index (Phi) is 6.18. The lowest BCUT2D eigenvalue weighted by Gasteiger charge is -2.45. The molecule has 9 heteroatoms. The number of aliphatic hydroxyl groups is 1. The number of β-lactam (4-membered cyclic amide) rings is 1. The number of carbonyl (C=O) groups excluding carboxylic acids is 1. The first-order valence-electron chi connectivity index (χ1n) is 10.7. The molecule has 31 heavy (non-hydrogen) atoms. The Morgan fingerprint density at radius 3 is 2.71 bits per heavy atom. The minimum absolute atomic E-state index is 0.0261. The maximum absolute atomic E-state index is 12.5. The summed E-state index contributed by atoms with van der Waals surface area (Å²) < 4.78 is 0. The number of hydrogen-bond acceptors (Lipinski definition) is 7. The van der Waals surface area contributed by atoms with Gasteiger partial charge >= 0.3 is 5.97 Å². The molecule has 1 aromatic carbocycles. The number of benzene rings is 1. The molecule has 3 heterocycles. The van der Waals surface area contributed by atoms with Crippen LogP contribution in [0.2, 0.25) is 0 Å². The van der Waals surface area contributed by atoms with Crippen LogP contribution in [0.1, 0.15) is 19.8 Å². The Hall–Kier alpha value is -2.23. The van der Waals surface area contributed by atoms with Crippen LogP contribution in [-0.4, -0.2) is 71.1 Å². The van der Waals surface area contributed by atoms with Gasteiger partial charge in [0.15, 0.2) is 0 Å². The number of carboxylic acid groups (broad SMARTS) is 1. The smallest absolute Gasteiger partial charge is 0.353 e. The summed E-state index contributed by atoms with van der Waals surface area (Å²) in [6, 6.07) is 7.95. The van der Waals surface area contributed by atoms with E-state index in [1.807, 2.05) is 31.2 Å². The predicted molar refractivity (Wildman–Crippen MR) is 122 cm³/mol. The zero-order chi connectivity index (χ0) is 22.3. The minimum Gasteiger partial charge on any atom is -0.477 e. The number of nitrogens with two attached hydrogens (primary N) is 1. The van der Waals surface area contributed by atoms with Crippen LogP contribution in [0.15, 0.2) is 34.9 Å². The van der Waals surface area contributed by atoms with Crippen molar-refractivity contribution in [2.45, 2.75) is 37.1 Å². The van der Waals surface area contributed by atoms with E-state index in [1.165, 1.54) is 4.90 Å². The second-order valence-electron chi connectivity index (χ2n) is 8.68. The van der Waals surface area contributed by atoms with Crippen molar-refractivity contribution in [3.8, 4) is 0 Å². The van der Waals surface area contributed by atoms with Crippen molar-refractivity contribution in [3.63, 3.8) is 0 Å². The second kappa shape index (κ2) is 8.72. The highest BCUT2D eigenvalue weighted by atomic mass is 32.2. The highest BCUT2D eigenvalue weighted by molar-refractivity contribution is 8.03. The number of carboxylic acids is 1. The SMILES string of the molecule is C[C@H]1C(S[C@@H]2CNC(CN(C)c3ccc(N)cc3)C2)=C(C(=O)O)N2C(=O)[C@@H](CCO)[C@H]12. The zero-order valence-electron chi connectivity index (χ0n) is 17.8. The quantitative estimate of drug-likeness (QED) is 0.349. The van der Waals surface area contributed by atoms with E-state index in [0.29, 0.717) is 12.5 Å². The number of aliphatic carboxylic acids is 1. The van der Waals surface area contributed by atoms with E-state index in [0.717, 1.165) is 35.8 Å². The standard InChI is InChI=1S/C22H30N4O4S/c1-12-18-17(7-8-27)21(28)26(18)19(22(29)30)20(12)31-16-9-14(24-10-16)11-25(2)15-5-3-13(23)4-6-15/h3-6,12,14,16-18,24,27H,7-11,23H2,1-2H3,(H,29,30)/t12-,14?,16+,17+,18+/m1/s1. The van der Waals surface area contributed by atoms with Crippen molar-refractivity contribution in [3.05, 3.63) is 34.9 Å². The Bertz CT molecular complexity index is 890. The van der Waals surface area contributed by atoms with Crippen LogP contribution < -0.4 is 16.0 Å². The summed E-state index contributed by atoms with van der Waals surface area (Å²) in [6.45, 7) is 3.58. The van der Waals surface area contributed by atoms with Crippen molar-refractivity contribution in [2.75, 3.05) is 37.4 Å². The monoisotopic (exact) mass is 446 g/mol. The van der Waals surface area contributed by atoms with E-state index < -0.39 is 5.97 Å². The minimum atomic E-state index is -1.04. The highest BCUT2D eigenvalue weighted by Crippen LogP contribution is 2.51. The third-order valence-electron chi connectivity index (χ3n) is 6.61. The summed E-state index contributed by atoms with van der Waals surface area (Å²) in [7, 11) is 2.05. The average Bonchev–Trinajstić information content (AvgIpc) is 3.27. The number of nitrogens with one attached hydrogen (secondary N) is 1. The van der Waals surface area contributed by atoms with E-state index in [-0.39, 0.29) is 41.3 Å². The van der Waals surface area contributed by atoms with Crippen LogP contribution in [0.5, 0.6) is 0 Å². The molecule has 5 N–H and O–H groups in total. The molecule has 3 aliphatic rings. The largest absolute Gasteiger partial charge is 0.477 e. The van der Waals surface area contributed by atoms with E-state index in [2.05, 4.69) is 17.3 Å². The molecule has 4 rings (SSSR count). The van der Waals surface area contributed by atoms with Gasteiger partial charge in [0.1, 0.15) is 5.70 Å². The number of nitrogen functional groups attached to an aromatic ring is 1. The van der Waals surface area contributed by atoms with Gasteiger partial charge < -0.3 is 31.1 Å². The first kappa shape index (κ1) is 22.0. The molecule has 0 aliphatic carbocycles. The van der Waals surface area contributed by atoms with Crippen molar-refractivity contribution >= 4 is 35.0 Å². The highest BCUT2D eigenvalue weighted by Gasteiger charge is 2.58. The summed E-state index contributed by atoms with van der Waals surface area (Å²) in [4.78, 5) is 28.9. The fourth-order valence-corrected chi connectivity index (χ4v) is 6.57. The number of hydrogen-bond donors (Lipinski definition) is 4. The number of fused-ring (bicyclic) bond motifs is 1. The number of anilines is 2. The molecular weight excluding hydrogens is 416 g/mol. The summed E-state index contributed by atoms with van der Waals surface area (Å²) in [5.74, 6) is -1.53. The fourth-order valence-electron chi connectivity index (χ4n) is 5.05. The molecule has 0 aromatic heterocycles.